The molecule has 1 heterocycles. The number of urea groups is 1. The second-order valence-corrected chi connectivity index (χ2v) is 2.67. The highest BCUT2D eigenvalue weighted by Gasteiger charge is 2.11. The number of carbonyl (C=O) groups is 3. The summed E-state index contributed by atoms with van der Waals surface area (Å²) in [6, 6.07) is -0.984. The molecular weight excluding hydrogens is 258 g/mol. The summed E-state index contributed by atoms with van der Waals surface area (Å²) in [7, 11) is 0. The van der Waals surface area contributed by atoms with E-state index in [2.05, 4.69) is 24.7 Å². The summed E-state index contributed by atoms with van der Waals surface area (Å²) in [6.45, 7) is 3.45. The summed E-state index contributed by atoms with van der Waals surface area (Å²) in [5, 5.41) is 9.50. The van der Waals surface area contributed by atoms with Gasteiger partial charge in [0.25, 0.3) is 0 Å². The lowest BCUT2D eigenvalue weighted by Crippen LogP contribution is -2.42. The van der Waals surface area contributed by atoms with Gasteiger partial charge < -0.3 is 9.47 Å². The number of aromatic amines is 1. The molecule has 10 heteroatoms. The van der Waals surface area contributed by atoms with E-state index in [9.17, 15) is 14.4 Å². The van der Waals surface area contributed by atoms with Gasteiger partial charge in [0, 0.05) is 0 Å². The number of carbonyl (C=O) groups excluding carboxylic acids is 3. The number of nitrogens with zero attached hydrogens (tertiary/aromatic N) is 2. The third-order valence-corrected chi connectivity index (χ3v) is 1.31. The number of H-pyrrole nitrogens is 1. The second-order valence-electron chi connectivity index (χ2n) is 2.67. The van der Waals surface area contributed by atoms with Crippen LogP contribution in [0.4, 0.5) is 14.4 Å². The van der Waals surface area contributed by atoms with Crippen LogP contribution in [-0.2, 0) is 9.47 Å². The van der Waals surface area contributed by atoms with Crippen LogP contribution in [0.5, 0.6) is 0 Å². The molecule has 0 saturated heterocycles. The zero-order valence-electron chi connectivity index (χ0n) is 10.5. The van der Waals surface area contributed by atoms with Crippen LogP contribution >= 0.6 is 0 Å². The van der Waals surface area contributed by atoms with Crippen LogP contribution in [-0.4, -0.2) is 46.6 Å². The van der Waals surface area contributed by atoms with Crippen LogP contribution < -0.4 is 10.6 Å². The van der Waals surface area contributed by atoms with Crippen molar-refractivity contribution in [2.45, 2.75) is 13.8 Å². The summed E-state index contributed by atoms with van der Waals surface area (Å²) >= 11 is 0. The van der Waals surface area contributed by atoms with E-state index < -0.39 is 18.2 Å². The number of hydrogen-bond acceptors (Lipinski definition) is 7. The van der Waals surface area contributed by atoms with Gasteiger partial charge in [0.2, 0.25) is 0 Å². The maximum atomic E-state index is 10.8. The Kier molecular flexibility index (Phi) is 9.04. The Morgan fingerprint density at radius 3 is 1.89 bits per heavy atom. The zero-order chi connectivity index (χ0) is 14.5. The smallest absolute Gasteiger partial charge is 0.415 e. The molecule has 1 aromatic heterocycles. The van der Waals surface area contributed by atoms with E-state index in [0.717, 1.165) is 0 Å². The highest BCUT2D eigenvalue weighted by molar-refractivity contribution is 5.98. The third-order valence-electron chi connectivity index (χ3n) is 1.31. The molecule has 10 nitrogen and oxygen atoms in total. The molecule has 3 N–H and O–H groups in total. The number of ether oxygens (including phenoxy) is 2. The molecule has 19 heavy (non-hydrogen) atoms. The highest BCUT2D eigenvalue weighted by atomic mass is 16.6. The van der Waals surface area contributed by atoms with Crippen LogP contribution in [0.15, 0.2) is 12.7 Å². The van der Waals surface area contributed by atoms with Gasteiger partial charge in [-0.3, -0.25) is 5.10 Å². The number of alkyl carbamates (subject to hydrolysis) is 2. The Labute approximate surface area is 108 Å². The molecule has 0 aliphatic carbocycles. The quantitative estimate of drug-likeness (QED) is 0.709. The van der Waals surface area contributed by atoms with Crippen molar-refractivity contribution in [3.63, 3.8) is 0 Å². The van der Waals surface area contributed by atoms with Gasteiger partial charge in [-0.25, -0.2) is 30.0 Å². The van der Waals surface area contributed by atoms with Crippen molar-refractivity contribution < 1.29 is 23.9 Å². The first-order valence-corrected chi connectivity index (χ1v) is 5.30. The second kappa shape index (κ2) is 10.5. The number of hydrogen-bond donors (Lipinski definition) is 3. The van der Waals surface area contributed by atoms with E-state index in [4.69, 9.17) is 0 Å². The first-order chi connectivity index (χ1) is 9.10. The lowest BCUT2D eigenvalue weighted by molar-refractivity contribution is 0.146. The molecule has 0 radical (unpaired) electrons. The highest BCUT2D eigenvalue weighted by Crippen LogP contribution is 1.79. The van der Waals surface area contributed by atoms with Crippen molar-refractivity contribution in [3.05, 3.63) is 12.7 Å². The number of nitrogens with one attached hydrogen (secondary N) is 3. The summed E-state index contributed by atoms with van der Waals surface area (Å²) in [5.41, 5.74) is 0. The molecule has 0 aliphatic rings. The zero-order valence-corrected chi connectivity index (χ0v) is 10.5. The number of rotatable bonds is 2. The van der Waals surface area contributed by atoms with Gasteiger partial charge in [-0.2, -0.15) is 5.10 Å². The third kappa shape index (κ3) is 10.2. The molecule has 0 aromatic carbocycles. The van der Waals surface area contributed by atoms with E-state index in [1.165, 1.54) is 12.7 Å². The average Bonchev–Trinajstić information content (AvgIpc) is 2.87. The lowest BCUT2D eigenvalue weighted by Gasteiger charge is -2.04. The predicted molar refractivity (Wildman–Crippen MR) is 62.1 cm³/mol. The minimum absolute atomic E-state index is 0.137. The van der Waals surface area contributed by atoms with Gasteiger partial charge in [-0.15, -0.1) is 0 Å². The van der Waals surface area contributed by atoms with Gasteiger partial charge >= 0.3 is 18.2 Å². The maximum absolute atomic E-state index is 10.8. The normalized spacial score (nSPS) is 8.53. The van der Waals surface area contributed by atoms with Crippen LogP contribution in [0, 0.1) is 0 Å². The van der Waals surface area contributed by atoms with Crippen LogP contribution in [0.2, 0.25) is 0 Å². The SMILES string of the molecule is CCOC(=O)NC(=O)NC(=O)OCC.c1nc[nH]n1. The van der Waals surface area contributed by atoms with Crippen molar-refractivity contribution in [3.8, 4) is 0 Å². The summed E-state index contributed by atoms with van der Waals surface area (Å²) in [6.07, 6.45) is 1.11. The Balaban J connectivity index is 0.000000532. The monoisotopic (exact) mass is 273 g/mol. The molecular formula is C9H15N5O5. The number of amides is 4. The van der Waals surface area contributed by atoms with Gasteiger partial charge in [-0.1, -0.05) is 0 Å². The number of imide groups is 2. The molecule has 0 atom stereocenters. The van der Waals surface area contributed by atoms with E-state index >= 15 is 0 Å². The van der Waals surface area contributed by atoms with Gasteiger partial charge in [0.1, 0.15) is 12.7 Å². The summed E-state index contributed by atoms with van der Waals surface area (Å²) in [4.78, 5) is 35.6. The topological polar surface area (TPSA) is 135 Å². The van der Waals surface area contributed by atoms with Gasteiger partial charge in [0.05, 0.1) is 13.2 Å². The summed E-state index contributed by atoms with van der Waals surface area (Å²) in [5.74, 6) is 0. The molecule has 0 spiro atoms. The van der Waals surface area contributed by atoms with Gasteiger partial charge in [0.15, 0.2) is 0 Å². The molecule has 0 unspecified atom stereocenters. The molecule has 0 aliphatic heterocycles. The van der Waals surface area contributed by atoms with E-state index in [1.807, 2.05) is 0 Å². The first kappa shape index (κ1) is 16.4. The van der Waals surface area contributed by atoms with Crippen molar-refractivity contribution >= 4 is 18.2 Å². The fraction of sp³-hybridized carbons (Fsp3) is 0.444. The molecule has 1 rings (SSSR count). The Morgan fingerprint density at radius 1 is 1.11 bits per heavy atom. The standard InChI is InChI=1S/C7H12N2O5.C2H3N3/c1-3-13-6(11)8-5(10)9-7(12)14-4-2;1-3-2-5-4-1/h3-4H2,1-2H3,(H2,8,9,10,11,12);1-2H,(H,3,4,5). The van der Waals surface area contributed by atoms with E-state index in [1.54, 1.807) is 24.5 Å². The van der Waals surface area contributed by atoms with E-state index in [0.29, 0.717) is 0 Å². The molecule has 4 amide bonds. The molecule has 0 saturated carbocycles. The molecule has 106 valence electrons. The van der Waals surface area contributed by atoms with Crippen molar-refractivity contribution in [2.24, 2.45) is 0 Å². The van der Waals surface area contributed by atoms with Crippen LogP contribution in [0.25, 0.3) is 0 Å². The van der Waals surface area contributed by atoms with Crippen molar-refractivity contribution in [1.82, 2.24) is 25.8 Å². The van der Waals surface area contributed by atoms with E-state index in [-0.39, 0.29) is 13.2 Å². The molecule has 0 bridgehead atoms. The Morgan fingerprint density at radius 2 is 1.63 bits per heavy atom. The lowest BCUT2D eigenvalue weighted by atomic mass is 10.8. The fourth-order valence-corrected chi connectivity index (χ4v) is 0.718. The van der Waals surface area contributed by atoms with Crippen LogP contribution in [0.1, 0.15) is 13.8 Å². The number of aromatic nitrogens is 3. The van der Waals surface area contributed by atoms with Crippen molar-refractivity contribution in [2.75, 3.05) is 13.2 Å². The summed E-state index contributed by atoms with van der Waals surface area (Å²) < 4.78 is 8.78. The predicted octanol–water partition coefficient (Wildman–Crippen LogP) is 0.403. The minimum Gasteiger partial charge on any atom is -0.450 e. The molecule has 0 fully saturated rings. The average molecular weight is 273 g/mol. The Bertz CT molecular complexity index is 341. The Hall–Kier alpha value is -2.65. The maximum Gasteiger partial charge on any atom is 0.415 e. The van der Waals surface area contributed by atoms with Crippen molar-refractivity contribution in [1.29, 1.82) is 0 Å². The minimum atomic E-state index is -0.984. The fourth-order valence-electron chi connectivity index (χ4n) is 0.718. The first-order valence-electron chi connectivity index (χ1n) is 5.30. The largest absolute Gasteiger partial charge is 0.450 e. The van der Waals surface area contributed by atoms with Crippen LogP contribution in [0.3, 0.4) is 0 Å². The van der Waals surface area contributed by atoms with Gasteiger partial charge in [-0.05, 0) is 13.8 Å². The molecule has 1 aromatic rings.